The van der Waals surface area contributed by atoms with Crippen LogP contribution in [0.3, 0.4) is 0 Å². The standard InChI is InChI=1S/C55H39NO2/c1-3-17-36(18-4-1)37-19-15-20-38(35-37)40-23-10-14-30-48(40)56(39-21-5-2-6-22-39)49-31-16-32-50-53(49)57-51-34-33-47-52(54(51)58-50)43-26-9-13-29-46(43)55(47)44-27-11-7-24-41(44)42-25-8-12-28-45(42)55/h1-11,14-27,30-35H,12-13,28-29H2. The van der Waals surface area contributed by atoms with Crippen molar-refractivity contribution in [2.75, 3.05) is 4.90 Å². The van der Waals surface area contributed by atoms with Crippen LogP contribution in [-0.4, -0.2) is 0 Å². The lowest BCUT2D eigenvalue weighted by molar-refractivity contribution is 0.359. The summed E-state index contributed by atoms with van der Waals surface area (Å²) in [5, 5.41) is 0. The van der Waals surface area contributed by atoms with Crippen LogP contribution in [0.25, 0.3) is 33.4 Å². The number of hydrogen-bond acceptors (Lipinski definition) is 3. The Morgan fingerprint density at radius 2 is 1.07 bits per heavy atom. The van der Waals surface area contributed by atoms with Gasteiger partial charge in [0, 0.05) is 16.8 Å². The maximum Gasteiger partial charge on any atom is 0.194 e. The van der Waals surface area contributed by atoms with Crippen molar-refractivity contribution in [3.8, 4) is 45.3 Å². The zero-order valence-electron chi connectivity index (χ0n) is 32.0. The minimum atomic E-state index is -0.293. The third-order valence-electron chi connectivity index (χ3n) is 12.7. The minimum absolute atomic E-state index is 0.293. The molecule has 0 saturated carbocycles. The molecule has 5 aliphatic rings. The van der Waals surface area contributed by atoms with Gasteiger partial charge in [0.2, 0.25) is 0 Å². The van der Waals surface area contributed by atoms with Crippen LogP contribution in [0.5, 0.6) is 23.0 Å². The van der Waals surface area contributed by atoms with Gasteiger partial charge in [-0.3, -0.25) is 0 Å². The maximum atomic E-state index is 7.19. The van der Waals surface area contributed by atoms with E-state index in [-0.39, 0.29) is 5.41 Å². The fourth-order valence-corrected chi connectivity index (χ4v) is 10.4. The summed E-state index contributed by atoms with van der Waals surface area (Å²) in [6.07, 6.45) is 13.6. The molecule has 0 fully saturated rings. The Labute approximate surface area is 339 Å². The molecule has 1 unspecified atom stereocenters. The largest absolute Gasteiger partial charge is 0.449 e. The first-order valence-electron chi connectivity index (χ1n) is 20.5. The molecule has 0 amide bonds. The minimum Gasteiger partial charge on any atom is -0.449 e. The van der Waals surface area contributed by atoms with E-state index in [1.807, 2.05) is 6.07 Å². The molecule has 1 atom stereocenters. The number of nitrogens with zero attached hydrogens (tertiary/aromatic N) is 1. The lowest BCUT2D eigenvalue weighted by Gasteiger charge is -2.36. The Balaban J connectivity index is 1.01. The molecule has 276 valence electrons. The molecule has 12 rings (SSSR count). The van der Waals surface area contributed by atoms with Gasteiger partial charge in [0.1, 0.15) is 0 Å². The van der Waals surface area contributed by atoms with E-state index in [4.69, 9.17) is 9.47 Å². The summed E-state index contributed by atoms with van der Waals surface area (Å²) in [7, 11) is 0. The Kier molecular flexibility index (Phi) is 7.40. The van der Waals surface area contributed by atoms with E-state index >= 15 is 0 Å². The highest BCUT2D eigenvalue weighted by Crippen LogP contribution is 2.67. The second-order valence-electron chi connectivity index (χ2n) is 15.7. The smallest absolute Gasteiger partial charge is 0.194 e. The van der Waals surface area contributed by atoms with E-state index in [1.54, 1.807) is 0 Å². The highest BCUT2D eigenvalue weighted by molar-refractivity contribution is 6.01. The third-order valence-corrected chi connectivity index (χ3v) is 12.7. The van der Waals surface area contributed by atoms with Crippen LogP contribution in [0.1, 0.15) is 47.9 Å². The zero-order valence-corrected chi connectivity index (χ0v) is 32.0. The van der Waals surface area contributed by atoms with Gasteiger partial charge in [0.25, 0.3) is 0 Å². The van der Waals surface area contributed by atoms with Crippen molar-refractivity contribution in [2.24, 2.45) is 0 Å². The molecule has 3 heteroatoms. The van der Waals surface area contributed by atoms with E-state index in [2.05, 4.69) is 187 Å². The predicted octanol–water partition coefficient (Wildman–Crippen LogP) is 14.9. The SMILES string of the molecule is C1=CC2=C(CC1)C1(C3=C(C=CCC3)c3c1ccc1c3Oc3cccc(N(c4ccccc4)c4ccccc4-c4cccc(-c5ccccc5)c4)c3O1)c1ccccc12. The van der Waals surface area contributed by atoms with Crippen LogP contribution in [0.2, 0.25) is 0 Å². The number of para-hydroxylation sites is 3. The molecular weight excluding hydrogens is 707 g/mol. The van der Waals surface area contributed by atoms with Crippen LogP contribution in [0, 0.1) is 0 Å². The zero-order chi connectivity index (χ0) is 38.2. The molecule has 7 aromatic carbocycles. The van der Waals surface area contributed by atoms with E-state index in [0.717, 1.165) is 65.4 Å². The molecule has 0 saturated heterocycles. The van der Waals surface area contributed by atoms with Gasteiger partial charge >= 0.3 is 0 Å². The van der Waals surface area contributed by atoms with E-state index in [9.17, 15) is 0 Å². The first-order chi connectivity index (χ1) is 28.8. The number of benzene rings is 7. The lowest BCUT2D eigenvalue weighted by Crippen LogP contribution is -2.29. The highest BCUT2D eigenvalue weighted by Gasteiger charge is 2.54. The molecular formula is C55H39NO2. The number of rotatable bonds is 5. The van der Waals surface area contributed by atoms with E-state index in [0.29, 0.717) is 11.5 Å². The number of fused-ring (bicyclic) bond motifs is 11. The third kappa shape index (κ3) is 4.74. The van der Waals surface area contributed by atoms with Gasteiger partial charge in [-0.1, -0.05) is 146 Å². The molecule has 0 N–H and O–H groups in total. The maximum absolute atomic E-state index is 7.19. The molecule has 7 aromatic rings. The molecule has 1 aliphatic heterocycles. The van der Waals surface area contributed by atoms with Crippen LogP contribution >= 0.6 is 0 Å². The van der Waals surface area contributed by atoms with Crippen molar-refractivity contribution in [2.45, 2.75) is 31.1 Å². The van der Waals surface area contributed by atoms with Crippen LogP contribution in [0.15, 0.2) is 199 Å². The van der Waals surface area contributed by atoms with Gasteiger partial charge in [-0.15, -0.1) is 0 Å². The molecule has 0 bridgehead atoms. The summed E-state index contributed by atoms with van der Waals surface area (Å²) in [6, 6.07) is 58.5. The Morgan fingerprint density at radius 3 is 1.91 bits per heavy atom. The van der Waals surface area contributed by atoms with Crippen molar-refractivity contribution < 1.29 is 9.47 Å². The van der Waals surface area contributed by atoms with Crippen molar-refractivity contribution in [3.05, 3.63) is 221 Å². The topological polar surface area (TPSA) is 21.7 Å². The lowest BCUT2D eigenvalue weighted by atomic mass is 9.66. The average molecular weight is 746 g/mol. The Bertz CT molecular complexity index is 2950. The van der Waals surface area contributed by atoms with Gasteiger partial charge in [-0.25, -0.2) is 0 Å². The van der Waals surface area contributed by atoms with Gasteiger partial charge in [-0.2, -0.15) is 0 Å². The number of hydrogen-bond donors (Lipinski definition) is 0. The fourth-order valence-electron chi connectivity index (χ4n) is 10.4. The van der Waals surface area contributed by atoms with Crippen LogP contribution in [-0.2, 0) is 5.41 Å². The Morgan fingerprint density at radius 1 is 0.448 bits per heavy atom. The van der Waals surface area contributed by atoms with Crippen LogP contribution in [0.4, 0.5) is 17.1 Å². The second-order valence-corrected chi connectivity index (χ2v) is 15.7. The van der Waals surface area contributed by atoms with Crippen molar-refractivity contribution >= 4 is 28.2 Å². The quantitative estimate of drug-likeness (QED) is 0.175. The van der Waals surface area contributed by atoms with Crippen molar-refractivity contribution in [3.63, 3.8) is 0 Å². The summed E-state index contributed by atoms with van der Waals surface area (Å²) in [4.78, 5) is 2.31. The summed E-state index contributed by atoms with van der Waals surface area (Å²) in [5.41, 5.74) is 18.3. The number of allylic oxidation sites excluding steroid dienone is 8. The summed E-state index contributed by atoms with van der Waals surface area (Å²) in [6.45, 7) is 0. The molecule has 3 nitrogen and oxygen atoms in total. The normalized spacial score (nSPS) is 17.8. The Hall–Kier alpha value is -7.10. The average Bonchev–Trinajstić information content (AvgIpc) is 3.77. The summed E-state index contributed by atoms with van der Waals surface area (Å²) in [5.74, 6) is 2.95. The van der Waals surface area contributed by atoms with Gasteiger partial charge in [0.05, 0.1) is 16.8 Å². The monoisotopic (exact) mass is 745 g/mol. The summed E-state index contributed by atoms with van der Waals surface area (Å²) >= 11 is 0. The first-order valence-corrected chi connectivity index (χ1v) is 20.5. The fraction of sp³-hybridized carbons (Fsp3) is 0.0909. The first kappa shape index (κ1) is 33.1. The van der Waals surface area contributed by atoms with Gasteiger partial charge in [-0.05, 0) is 124 Å². The van der Waals surface area contributed by atoms with Gasteiger partial charge < -0.3 is 14.4 Å². The molecule has 1 spiro atoms. The summed E-state index contributed by atoms with van der Waals surface area (Å²) < 4.78 is 14.3. The molecule has 0 radical (unpaired) electrons. The molecule has 58 heavy (non-hydrogen) atoms. The van der Waals surface area contributed by atoms with Gasteiger partial charge in [0.15, 0.2) is 23.0 Å². The number of ether oxygens (including phenoxy) is 2. The second kappa shape index (κ2) is 13.0. The van der Waals surface area contributed by atoms with E-state index < -0.39 is 0 Å². The molecule has 4 aliphatic carbocycles. The van der Waals surface area contributed by atoms with Crippen LogP contribution < -0.4 is 14.4 Å². The van der Waals surface area contributed by atoms with Crippen molar-refractivity contribution in [1.29, 1.82) is 0 Å². The number of anilines is 3. The predicted molar refractivity (Wildman–Crippen MR) is 236 cm³/mol. The van der Waals surface area contributed by atoms with E-state index in [1.165, 1.54) is 55.7 Å². The molecule has 0 aromatic heterocycles. The molecule has 1 heterocycles. The van der Waals surface area contributed by atoms with Crippen molar-refractivity contribution in [1.82, 2.24) is 0 Å². The highest BCUT2D eigenvalue weighted by atomic mass is 16.6.